The van der Waals surface area contributed by atoms with E-state index >= 15 is 0 Å². The monoisotopic (exact) mass is 377 g/mol. The molecule has 0 unspecified atom stereocenters. The van der Waals surface area contributed by atoms with Crippen molar-refractivity contribution in [1.82, 2.24) is 25.3 Å². The topological polar surface area (TPSA) is 88.5 Å². The molecule has 0 bridgehead atoms. The molecule has 3 rings (SSSR count). The maximum atomic E-state index is 12.3. The maximum absolute atomic E-state index is 12.3. The number of carbonyl (C=O) groups excluding carboxylic acids is 2. The van der Waals surface area contributed by atoms with Gasteiger partial charge in [-0.05, 0) is 38.7 Å². The summed E-state index contributed by atoms with van der Waals surface area (Å²) in [6.45, 7) is 6.71. The summed E-state index contributed by atoms with van der Waals surface area (Å²) in [6, 6.07) is 2.14. The minimum atomic E-state index is 0.0525. The van der Waals surface area contributed by atoms with Crippen LogP contribution in [0.25, 0.3) is 0 Å². The van der Waals surface area contributed by atoms with Crippen LogP contribution in [0.15, 0.2) is 12.3 Å². The van der Waals surface area contributed by atoms with Gasteiger partial charge in [0.1, 0.15) is 0 Å². The number of aromatic nitrogens is 2. The van der Waals surface area contributed by atoms with Crippen LogP contribution in [0.1, 0.15) is 31.4 Å². The minimum Gasteiger partial charge on any atom is -0.379 e. The van der Waals surface area contributed by atoms with E-state index < -0.39 is 0 Å². The van der Waals surface area contributed by atoms with Crippen LogP contribution in [0, 0.1) is 12.8 Å². The van der Waals surface area contributed by atoms with Crippen LogP contribution in [0.3, 0.4) is 0 Å². The zero-order chi connectivity index (χ0) is 19.1. The molecule has 8 heteroatoms. The number of hydrogen-bond donors (Lipinski definition) is 2. The van der Waals surface area contributed by atoms with Crippen molar-refractivity contribution in [1.29, 1.82) is 0 Å². The Balaban J connectivity index is 1.30. The zero-order valence-electron chi connectivity index (χ0n) is 16.2. The first-order valence-electron chi connectivity index (χ1n) is 9.97. The van der Waals surface area contributed by atoms with Gasteiger partial charge in [-0.25, -0.2) is 0 Å². The summed E-state index contributed by atoms with van der Waals surface area (Å²) in [5, 5.41) is 10.5. The van der Waals surface area contributed by atoms with E-state index in [1.807, 2.05) is 23.9 Å². The van der Waals surface area contributed by atoms with Gasteiger partial charge in [0.05, 0.1) is 32.0 Å². The van der Waals surface area contributed by atoms with E-state index in [0.29, 0.717) is 32.8 Å². The lowest BCUT2D eigenvalue weighted by molar-refractivity contribution is -0.126. The lowest BCUT2D eigenvalue weighted by Gasteiger charge is -2.30. The van der Waals surface area contributed by atoms with E-state index in [1.165, 1.54) is 0 Å². The van der Waals surface area contributed by atoms with Crippen LogP contribution in [0.4, 0.5) is 0 Å². The van der Waals surface area contributed by atoms with Gasteiger partial charge in [0.25, 0.3) is 0 Å². The fourth-order valence-electron chi connectivity index (χ4n) is 3.76. The van der Waals surface area contributed by atoms with Gasteiger partial charge < -0.3 is 15.4 Å². The predicted octanol–water partition coefficient (Wildman–Crippen LogP) is 0.315. The molecule has 1 aliphatic heterocycles. The molecule has 1 saturated carbocycles. The number of amides is 2. The molecule has 1 aliphatic carbocycles. The van der Waals surface area contributed by atoms with Crippen molar-refractivity contribution < 1.29 is 14.3 Å². The number of nitrogens with zero attached hydrogens (tertiary/aromatic N) is 3. The Morgan fingerprint density at radius 3 is 2.63 bits per heavy atom. The molecular formula is C19H31N5O3. The standard InChI is InChI=1S/C19H31N5O3/c1-15-6-8-24(22-15)9-7-20-19(26)16-2-4-17(5-3-16)21-18(25)14-23-10-12-27-13-11-23/h6,8,16-17H,2-5,7,9-14H2,1H3,(H,20,26)(H,21,25). The molecule has 2 fully saturated rings. The molecule has 2 aliphatic rings. The van der Waals surface area contributed by atoms with Crippen LogP contribution in [-0.2, 0) is 20.9 Å². The summed E-state index contributed by atoms with van der Waals surface area (Å²) < 4.78 is 7.15. The minimum absolute atomic E-state index is 0.0525. The third kappa shape index (κ3) is 6.32. The van der Waals surface area contributed by atoms with Gasteiger partial charge in [-0.2, -0.15) is 5.10 Å². The summed E-state index contributed by atoms with van der Waals surface area (Å²) >= 11 is 0. The molecule has 2 amide bonds. The number of carbonyl (C=O) groups is 2. The maximum Gasteiger partial charge on any atom is 0.234 e. The van der Waals surface area contributed by atoms with Gasteiger partial charge >= 0.3 is 0 Å². The van der Waals surface area contributed by atoms with Gasteiger partial charge in [-0.3, -0.25) is 19.2 Å². The number of rotatable bonds is 7. The molecule has 150 valence electrons. The third-order valence-electron chi connectivity index (χ3n) is 5.35. The number of ether oxygens (including phenoxy) is 1. The Morgan fingerprint density at radius 1 is 1.22 bits per heavy atom. The summed E-state index contributed by atoms with van der Waals surface area (Å²) in [7, 11) is 0. The van der Waals surface area contributed by atoms with Crippen LogP contribution < -0.4 is 10.6 Å². The summed E-state index contributed by atoms with van der Waals surface area (Å²) in [6.07, 6.45) is 5.31. The second-order valence-electron chi connectivity index (χ2n) is 7.52. The van der Waals surface area contributed by atoms with E-state index in [4.69, 9.17) is 4.74 Å². The van der Waals surface area contributed by atoms with Crippen molar-refractivity contribution in [3.63, 3.8) is 0 Å². The smallest absolute Gasteiger partial charge is 0.234 e. The highest BCUT2D eigenvalue weighted by molar-refractivity contribution is 5.79. The lowest BCUT2D eigenvalue weighted by atomic mass is 9.85. The van der Waals surface area contributed by atoms with Crippen molar-refractivity contribution in [2.45, 2.75) is 45.2 Å². The molecule has 1 saturated heterocycles. The van der Waals surface area contributed by atoms with Crippen LogP contribution in [0.2, 0.25) is 0 Å². The molecule has 27 heavy (non-hydrogen) atoms. The van der Waals surface area contributed by atoms with E-state index in [0.717, 1.165) is 44.5 Å². The molecule has 0 radical (unpaired) electrons. The Kier molecular flexibility index (Phi) is 7.23. The molecule has 2 heterocycles. The molecule has 2 N–H and O–H groups in total. The fourth-order valence-corrected chi connectivity index (χ4v) is 3.76. The Bertz CT molecular complexity index is 619. The first kappa shape index (κ1) is 19.8. The summed E-state index contributed by atoms with van der Waals surface area (Å²) in [5.41, 5.74) is 0.982. The van der Waals surface area contributed by atoms with Gasteiger partial charge in [-0.1, -0.05) is 0 Å². The molecular weight excluding hydrogens is 346 g/mol. The molecule has 1 aromatic heterocycles. The van der Waals surface area contributed by atoms with Crippen LogP contribution in [0.5, 0.6) is 0 Å². The van der Waals surface area contributed by atoms with Crippen molar-refractivity contribution in [2.75, 3.05) is 39.4 Å². The first-order valence-corrected chi connectivity index (χ1v) is 9.97. The lowest BCUT2D eigenvalue weighted by Crippen LogP contribution is -2.47. The molecule has 1 aromatic rings. The molecule has 8 nitrogen and oxygen atoms in total. The highest BCUT2D eigenvalue weighted by Gasteiger charge is 2.27. The van der Waals surface area contributed by atoms with E-state index in [-0.39, 0.29) is 23.8 Å². The normalized spacial score (nSPS) is 23.7. The highest BCUT2D eigenvalue weighted by Crippen LogP contribution is 2.24. The second-order valence-corrected chi connectivity index (χ2v) is 7.52. The number of morpholine rings is 1. The second kappa shape index (κ2) is 9.85. The van der Waals surface area contributed by atoms with Crippen molar-refractivity contribution in [3.8, 4) is 0 Å². The SMILES string of the molecule is Cc1ccn(CCNC(=O)C2CCC(NC(=O)CN3CCOCC3)CC2)n1. The molecule has 0 spiro atoms. The fraction of sp³-hybridized carbons (Fsp3) is 0.737. The van der Waals surface area contributed by atoms with Crippen molar-refractivity contribution in [3.05, 3.63) is 18.0 Å². The number of nitrogens with one attached hydrogen (secondary N) is 2. The van der Waals surface area contributed by atoms with Gasteiger partial charge in [-0.15, -0.1) is 0 Å². The predicted molar refractivity (Wildman–Crippen MR) is 101 cm³/mol. The highest BCUT2D eigenvalue weighted by atomic mass is 16.5. The largest absolute Gasteiger partial charge is 0.379 e. The Morgan fingerprint density at radius 2 is 1.96 bits per heavy atom. The van der Waals surface area contributed by atoms with Crippen molar-refractivity contribution in [2.24, 2.45) is 5.92 Å². The van der Waals surface area contributed by atoms with E-state index in [1.54, 1.807) is 0 Å². The quantitative estimate of drug-likeness (QED) is 0.714. The molecule has 0 aromatic carbocycles. The first-order chi connectivity index (χ1) is 13.1. The number of hydrogen-bond acceptors (Lipinski definition) is 5. The molecule has 0 atom stereocenters. The average molecular weight is 377 g/mol. The average Bonchev–Trinajstić information content (AvgIpc) is 3.08. The summed E-state index contributed by atoms with van der Waals surface area (Å²) in [4.78, 5) is 26.7. The number of aryl methyl sites for hydroxylation is 1. The summed E-state index contributed by atoms with van der Waals surface area (Å²) in [5.74, 6) is 0.257. The van der Waals surface area contributed by atoms with E-state index in [9.17, 15) is 9.59 Å². The van der Waals surface area contributed by atoms with Gasteiger partial charge in [0.2, 0.25) is 11.8 Å². The van der Waals surface area contributed by atoms with Gasteiger partial charge in [0, 0.05) is 37.8 Å². The van der Waals surface area contributed by atoms with E-state index in [2.05, 4.69) is 20.6 Å². The van der Waals surface area contributed by atoms with Crippen LogP contribution in [-0.4, -0.2) is 71.9 Å². The van der Waals surface area contributed by atoms with Crippen LogP contribution >= 0.6 is 0 Å². The Hall–Kier alpha value is -1.93. The van der Waals surface area contributed by atoms with Gasteiger partial charge in [0.15, 0.2) is 0 Å². The Labute approximate surface area is 160 Å². The third-order valence-corrected chi connectivity index (χ3v) is 5.35. The van der Waals surface area contributed by atoms with Crippen molar-refractivity contribution >= 4 is 11.8 Å². The zero-order valence-corrected chi connectivity index (χ0v) is 16.2.